The molecule has 2 rings (SSSR count). The van der Waals surface area contributed by atoms with Gasteiger partial charge in [0.25, 0.3) is 0 Å². The number of hydrogen-bond acceptors (Lipinski definition) is 6. The van der Waals surface area contributed by atoms with E-state index in [1.54, 1.807) is 0 Å². The van der Waals surface area contributed by atoms with Crippen molar-refractivity contribution >= 4 is 11.4 Å². The van der Waals surface area contributed by atoms with E-state index < -0.39 is 0 Å². The molecule has 28 heavy (non-hydrogen) atoms. The molecule has 152 valence electrons. The largest absolute Gasteiger partial charge is 0.494 e. The van der Waals surface area contributed by atoms with Gasteiger partial charge in [0.05, 0.1) is 24.6 Å². The molecule has 2 aromatic rings. The number of rotatable bonds is 14. The van der Waals surface area contributed by atoms with Crippen LogP contribution in [0.2, 0.25) is 0 Å². The fourth-order valence-electron chi connectivity index (χ4n) is 2.68. The quantitative estimate of drug-likeness (QED) is 0.337. The summed E-state index contributed by atoms with van der Waals surface area (Å²) in [6, 6.07) is 15.3. The van der Waals surface area contributed by atoms with E-state index in [9.17, 15) is 0 Å². The lowest BCUT2D eigenvalue weighted by atomic mass is 10.1. The minimum atomic E-state index is 0.151. The molecule has 3 N–H and O–H groups in total. The Morgan fingerprint density at radius 2 is 1.36 bits per heavy atom. The van der Waals surface area contributed by atoms with Crippen LogP contribution in [-0.4, -0.2) is 43.1 Å². The van der Waals surface area contributed by atoms with Crippen molar-refractivity contribution in [3.05, 3.63) is 54.1 Å². The smallest absolute Gasteiger partial charge is 0.119 e. The molecule has 0 heterocycles. The first kappa shape index (κ1) is 22.0. The molecule has 0 saturated heterocycles. The summed E-state index contributed by atoms with van der Waals surface area (Å²) >= 11 is 0. The van der Waals surface area contributed by atoms with Crippen molar-refractivity contribution in [2.75, 3.05) is 32.9 Å². The maximum atomic E-state index is 8.93. The van der Waals surface area contributed by atoms with E-state index in [-0.39, 0.29) is 13.2 Å². The molecule has 6 nitrogen and oxygen atoms in total. The summed E-state index contributed by atoms with van der Waals surface area (Å²) in [5, 5.41) is 29.3. The third-order valence-electron chi connectivity index (χ3n) is 4.26. The van der Waals surface area contributed by atoms with Gasteiger partial charge in [0.1, 0.15) is 5.75 Å². The van der Waals surface area contributed by atoms with Crippen LogP contribution in [0.3, 0.4) is 0 Å². The van der Waals surface area contributed by atoms with E-state index >= 15 is 0 Å². The lowest BCUT2D eigenvalue weighted by Crippen LogP contribution is -2.19. The van der Waals surface area contributed by atoms with Gasteiger partial charge in [-0.1, -0.05) is 25.0 Å². The average Bonchev–Trinajstić information content (AvgIpc) is 2.73. The molecule has 0 aliphatic carbocycles. The first-order valence-corrected chi connectivity index (χ1v) is 9.98. The minimum absolute atomic E-state index is 0.151. The third kappa shape index (κ3) is 9.08. The fraction of sp³-hybridized carbons (Fsp3) is 0.455. The van der Waals surface area contributed by atoms with Gasteiger partial charge in [0, 0.05) is 13.2 Å². The van der Waals surface area contributed by atoms with Crippen molar-refractivity contribution in [2.45, 2.75) is 32.1 Å². The first-order valence-electron chi connectivity index (χ1n) is 9.98. The van der Waals surface area contributed by atoms with Gasteiger partial charge in [0.2, 0.25) is 0 Å². The van der Waals surface area contributed by atoms with Crippen molar-refractivity contribution in [3.63, 3.8) is 0 Å². The fourth-order valence-corrected chi connectivity index (χ4v) is 2.68. The van der Waals surface area contributed by atoms with Gasteiger partial charge in [-0.25, -0.2) is 0 Å². The first-order chi connectivity index (χ1) is 13.8. The Morgan fingerprint density at radius 3 is 2.00 bits per heavy atom. The van der Waals surface area contributed by atoms with Gasteiger partial charge >= 0.3 is 0 Å². The van der Waals surface area contributed by atoms with E-state index in [1.165, 1.54) is 6.42 Å². The topological polar surface area (TPSA) is 86.4 Å². The monoisotopic (exact) mass is 385 g/mol. The van der Waals surface area contributed by atoms with Crippen molar-refractivity contribution in [3.8, 4) is 5.75 Å². The molecule has 0 unspecified atom stereocenters. The van der Waals surface area contributed by atoms with Crippen LogP contribution in [0.4, 0.5) is 11.4 Å². The summed E-state index contributed by atoms with van der Waals surface area (Å²) < 4.78 is 5.76. The van der Waals surface area contributed by atoms with Crippen LogP contribution in [0, 0.1) is 0 Å². The maximum Gasteiger partial charge on any atom is 0.119 e. The number of ether oxygens (including phenoxy) is 1. The summed E-state index contributed by atoms with van der Waals surface area (Å²) in [6.45, 7) is 2.70. The molecule has 0 bridgehead atoms. The van der Waals surface area contributed by atoms with Crippen LogP contribution in [0.25, 0.3) is 0 Å². The van der Waals surface area contributed by atoms with Crippen LogP contribution < -0.4 is 10.1 Å². The molecule has 6 heteroatoms. The number of nitrogens with zero attached hydrogens (tertiary/aromatic N) is 2. The highest BCUT2D eigenvalue weighted by atomic mass is 16.5. The molecule has 0 saturated carbocycles. The molecule has 0 radical (unpaired) electrons. The summed E-state index contributed by atoms with van der Waals surface area (Å²) in [7, 11) is 0. The number of unbranched alkanes of at least 4 members (excludes halogenated alkanes) is 3. The maximum absolute atomic E-state index is 8.93. The molecule has 0 amide bonds. The molecular weight excluding hydrogens is 354 g/mol. The van der Waals surface area contributed by atoms with Gasteiger partial charge in [0.15, 0.2) is 0 Å². The lowest BCUT2D eigenvalue weighted by Gasteiger charge is -2.06. The Kier molecular flexibility index (Phi) is 10.9. The normalized spacial score (nSPS) is 11.2. The lowest BCUT2D eigenvalue weighted by molar-refractivity contribution is 0.290. The van der Waals surface area contributed by atoms with Crippen molar-refractivity contribution in [2.24, 2.45) is 10.2 Å². The predicted molar refractivity (Wildman–Crippen MR) is 112 cm³/mol. The van der Waals surface area contributed by atoms with Crippen LogP contribution in [0.15, 0.2) is 58.8 Å². The standard InChI is InChI=1S/C22H31N3O3/c26-16-13-19-5-7-20(8-6-19)24-25-21-9-11-22(12-10-21)28-18-4-2-1-3-14-23-15-17-27/h5-12,23,26-27H,1-4,13-18H2. The van der Waals surface area contributed by atoms with E-state index in [1.807, 2.05) is 48.5 Å². The molecule has 0 aliphatic rings. The average molecular weight is 386 g/mol. The number of aliphatic hydroxyl groups is 2. The number of nitrogens with one attached hydrogen (secondary N) is 1. The molecule has 0 aromatic heterocycles. The van der Waals surface area contributed by atoms with Crippen LogP contribution in [0.1, 0.15) is 31.2 Å². The second-order valence-corrected chi connectivity index (χ2v) is 6.57. The second-order valence-electron chi connectivity index (χ2n) is 6.57. The predicted octanol–water partition coefficient (Wildman–Crippen LogP) is 4.16. The molecule has 0 atom stereocenters. The molecule has 2 aromatic carbocycles. The minimum Gasteiger partial charge on any atom is -0.494 e. The van der Waals surface area contributed by atoms with Gasteiger partial charge in [-0.3, -0.25) is 0 Å². The van der Waals surface area contributed by atoms with Crippen LogP contribution in [-0.2, 0) is 6.42 Å². The van der Waals surface area contributed by atoms with Crippen molar-refractivity contribution in [1.82, 2.24) is 5.32 Å². The Bertz CT molecular complexity index is 672. The highest BCUT2D eigenvalue weighted by Crippen LogP contribution is 2.22. The third-order valence-corrected chi connectivity index (χ3v) is 4.26. The Balaban J connectivity index is 1.64. The Morgan fingerprint density at radius 1 is 0.714 bits per heavy atom. The van der Waals surface area contributed by atoms with Crippen molar-refractivity contribution in [1.29, 1.82) is 0 Å². The number of azo groups is 1. The highest BCUT2D eigenvalue weighted by Gasteiger charge is 1.97. The zero-order valence-corrected chi connectivity index (χ0v) is 16.4. The zero-order valence-electron chi connectivity index (χ0n) is 16.4. The second kappa shape index (κ2) is 13.8. The Labute approximate surface area is 167 Å². The number of benzene rings is 2. The van der Waals surface area contributed by atoms with E-state index in [0.29, 0.717) is 19.6 Å². The van der Waals surface area contributed by atoms with E-state index in [0.717, 1.165) is 48.5 Å². The summed E-state index contributed by atoms with van der Waals surface area (Å²) in [4.78, 5) is 0. The highest BCUT2D eigenvalue weighted by molar-refractivity contribution is 5.43. The summed E-state index contributed by atoms with van der Waals surface area (Å²) in [5.74, 6) is 0.844. The summed E-state index contributed by atoms with van der Waals surface area (Å²) in [5.41, 5.74) is 2.65. The number of hydrogen-bond donors (Lipinski definition) is 3. The van der Waals surface area contributed by atoms with Gasteiger partial charge in [-0.05, 0) is 67.8 Å². The summed E-state index contributed by atoms with van der Waals surface area (Å²) in [6.07, 6.45) is 5.13. The van der Waals surface area contributed by atoms with Crippen LogP contribution in [0.5, 0.6) is 5.75 Å². The molecule has 0 fully saturated rings. The molecule has 0 spiro atoms. The van der Waals surface area contributed by atoms with Gasteiger partial charge < -0.3 is 20.3 Å². The Hall–Kier alpha value is -2.28. The van der Waals surface area contributed by atoms with E-state index in [4.69, 9.17) is 14.9 Å². The number of aliphatic hydroxyl groups excluding tert-OH is 2. The van der Waals surface area contributed by atoms with E-state index in [2.05, 4.69) is 15.5 Å². The zero-order chi connectivity index (χ0) is 19.9. The SMILES string of the molecule is OCCNCCCCCCOc1ccc(N=Nc2ccc(CCO)cc2)cc1. The van der Waals surface area contributed by atoms with Gasteiger partial charge in [-0.15, -0.1) is 0 Å². The molecule has 0 aliphatic heterocycles. The van der Waals surface area contributed by atoms with Gasteiger partial charge in [-0.2, -0.15) is 10.2 Å². The van der Waals surface area contributed by atoms with Crippen molar-refractivity contribution < 1.29 is 14.9 Å². The molecular formula is C22H31N3O3. The van der Waals surface area contributed by atoms with Crippen LogP contribution >= 0.6 is 0 Å².